The molecule has 3 heteroatoms. The molecule has 2 heterocycles. The number of anilines is 3. The Hall–Kier alpha value is -5.90. The van der Waals surface area contributed by atoms with Crippen molar-refractivity contribution in [2.75, 3.05) is 4.90 Å². The molecule has 0 aliphatic carbocycles. The van der Waals surface area contributed by atoms with E-state index in [1.165, 1.54) is 52.8 Å². The molecule has 0 aliphatic heterocycles. The van der Waals surface area contributed by atoms with Gasteiger partial charge in [0.15, 0.2) is 0 Å². The van der Waals surface area contributed by atoms with Crippen LogP contribution in [0.3, 0.4) is 0 Å². The molecular formula is C44H27NOS. The number of nitrogens with zero attached hydrogens (tertiary/aromatic N) is 1. The molecule has 10 aromatic rings. The average Bonchev–Trinajstić information content (AvgIpc) is 3.71. The summed E-state index contributed by atoms with van der Waals surface area (Å²) in [4.78, 5) is 2.38. The molecule has 0 amide bonds. The molecule has 0 saturated carbocycles. The van der Waals surface area contributed by atoms with E-state index in [1.54, 1.807) is 0 Å². The van der Waals surface area contributed by atoms with Crippen molar-refractivity contribution in [3.63, 3.8) is 0 Å². The first-order chi connectivity index (χ1) is 23.3. The van der Waals surface area contributed by atoms with Crippen molar-refractivity contribution in [3.8, 4) is 11.1 Å². The Kier molecular flexibility index (Phi) is 5.78. The van der Waals surface area contributed by atoms with Crippen LogP contribution in [0.4, 0.5) is 17.1 Å². The molecule has 0 fully saturated rings. The highest BCUT2D eigenvalue weighted by atomic mass is 32.1. The van der Waals surface area contributed by atoms with Crippen LogP contribution < -0.4 is 4.90 Å². The summed E-state index contributed by atoms with van der Waals surface area (Å²) in [5.41, 5.74) is 7.50. The monoisotopic (exact) mass is 617 g/mol. The van der Waals surface area contributed by atoms with Crippen LogP contribution in [0, 0.1) is 0 Å². The molecule has 0 unspecified atom stereocenters. The molecular weight excluding hydrogens is 591 g/mol. The van der Waals surface area contributed by atoms with Crippen LogP contribution in [-0.2, 0) is 0 Å². The van der Waals surface area contributed by atoms with Crippen LogP contribution in [0.5, 0.6) is 0 Å². The molecule has 0 radical (unpaired) electrons. The topological polar surface area (TPSA) is 16.4 Å². The Morgan fingerprint density at radius 1 is 0.426 bits per heavy atom. The molecule has 0 atom stereocenters. The van der Waals surface area contributed by atoms with E-state index in [9.17, 15) is 0 Å². The predicted molar refractivity (Wildman–Crippen MR) is 202 cm³/mol. The molecule has 0 N–H and O–H groups in total. The minimum atomic E-state index is 0.883. The first-order valence-electron chi connectivity index (χ1n) is 15.9. The van der Waals surface area contributed by atoms with E-state index >= 15 is 0 Å². The number of para-hydroxylation sites is 1. The van der Waals surface area contributed by atoms with E-state index in [1.807, 2.05) is 17.4 Å². The second-order valence-corrected chi connectivity index (χ2v) is 13.2. The molecule has 2 aromatic heterocycles. The van der Waals surface area contributed by atoms with Crippen LogP contribution in [0.15, 0.2) is 168 Å². The fourth-order valence-electron chi connectivity index (χ4n) is 7.32. The van der Waals surface area contributed by atoms with Gasteiger partial charge in [-0.1, -0.05) is 109 Å². The summed E-state index contributed by atoms with van der Waals surface area (Å²) in [6.07, 6.45) is 0. The normalized spacial score (nSPS) is 11.8. The van der Waals surface area contributed by atoms with Gasteiger partial charge < -0.3 is 9.32 Å². The molecule has 10 rings (SSSR count). The number of rotatable bonds is 4. The number of thiophene rings is 1. The Morgan fingerprint density at radius 3 is 2.06 bits per heavy atom. The zero-order valence-electron chi connectivity index (χ0n) is 25.4. The highest BCUT2D eigenvalue weighted by Crippen LogP contribution is 2.45. The second-order valence-electron chi connectivity index (χ2n) is 12.1. The lowest BCUT2D eigenvalue weighted by Gasteiger charge is -2.27. The Morgan fingerprint density at radius 2 is 1.15 bits per heavy atom. The van der Waals surface area contributed by atoms with Gasteiger partial charge in [-0.3, -0.25) is 0 Å². The van der Waals surface area contributed by atoms with Crippen molar-refractivity contribution in [1.82, 2.24) is 0 Å². The average molecular weight is 618 g/mol. The zero-order chi connectivity index (χ0) is 30.9. The van der Waals surface area contributed by atoms with Gasteiger partial charge in [0.2, 0.25) is 0 Å². The summed E-state index contributed by atoms with van der Waals surface area (Å²) in [7, 11) is 0. The molecule has 0 bridgehead atoms. The number of benzene rings is 8. The lowest BCUT2D eigenvalue weighted by atomic mass is 9.98. The first-order valence-corrected chi connectivity index (χ1v) is 16.7. The molecule has 0 aliphatic rings. The van der Waals surface area contributed by atoms with Crippen molar-refractivity contribution >= 4 is 92.1 Å². The minimum Gasteiger partial charge on any atom is -0.456 e. The molecule has 0 saturated heterocycles. The van der Waals surface area contributed by atoms with Gasteiger partial charge in [-0.05, 0) is 87.3 Å². The molecule has 0 spiro atoms. The van der Waals surface area contributed by atoms with Crippen molar-refractivity contribution in [3.05, 3.63) is 164 Å². The van der Waals surface area contributed by atoms with E-state index in [2.05, 4.69) is 163 Å². The van der Waals surface area contributed by atoms with Gasteiger partial charge in [0, 0.05) is 36.9 Å². The van der Waals surface area contributed by atoms with Crippen molar-refractivity contribution in [2.24, 2.45) is 0 Å². The number of furan rings is 1. The van der Waals surface area contributed by atoms with Crippen LogP contribution >= 0.6 is 11.3 Å². The van der Waals surface area contributed by atoms with Gasteiger partial charge in [0.1, 0.15) is 11.2 Å². The molecule has 47 heavy (non-hydrogen) atoms. The SMILES string of the molecule is c1ccc2c(-c3ccc(N(c4ccc5c(ccc6sc7ccccc7c65)c4)c4cccc5oc6ccccc6c45)cc3)cccc2c1. The Bertz CT molecular complexity index is 2800. The van der Waals surface area contributed by atoms with Gasteiger partial charge >= 0.3 is 0 Å². The van der Waals surface area contributed by atoms with Crippen molar-refractivity contribution in [2.45, 2.75) is 0 Å². The summed E-state index contributed by atoms with van der Waals surface area (Å²) >= 11 is 1.86. The maximum atomic E-state index is 6.36. The van der Waals surface area contributed by atoms with E-state index < -0.39 is 0 Å². The maximum absolute atomic E-state index is 6.36. The van der Waals surface area contributed by atoms with Crippen molar-refractivity contribution in [1.29, 1.82) is 0 Å². The lowest BCUT2D eigenvalue weighted by molar-refractivity contribution is 0.669. The molecule has 220 valence electrons. The van der Waals surface area contributed by atoms with Crippen LogP contribution in [0.25, 0.3) is 74.8 Å². The fourth-order valence-corrected chi connectivity index (χ4v) is 8.44. The summed E-state index contributed by atoms with van der Waals surface area (Å²) in [5, 5.41) is 9.89. The standard InChI is InChI=1S/C44H27NOS/c1-2-11-33-28(9-1)10-7-14-34(33)29-19-22-31(23-20-29)45(38-15-8-17-40-44(38)36-12-3-5-16-39(36)46-40)32-24-25-35-30(27-32)21-26-42-43(35)37-13-4-6-18-41(37)47-42/h1-27H. The number of hydrogen-bond donors (Lipinski definition) is 0. The van der Waals surface area contributed by atoms with E-state index in [-0.39, 0.29) is 0 Å². The summed E-state index contributed by atoms with van der Waals surface area (Å²) in [5.74, 6) is 0. The largest absolute Gasteiger partial charge is 0.456 e. The highest BCUT2D eigenvalue weighted by Gasteiger charge is 2.20. The smallest absolute Gasteiger partial charge is 0.137 e. The lowest BCUT2D eigenvalue weighted by Crippen LogP contribution is -2.10. The van der Waals surface area contributed by atoms with Crippen molar-refractivity contribution < 1.29 is 4.42 Å². The first kappa shape index (κ1) is 26.3. The fraction of sp³-hybridized carbons (Fsp3) is 0. The van der Waals surface area contributed by atoms with Gasteiger partial charge in [0.05, 0.1) is 11.1 Å². The third kappa shape index (κ3) is 4.10. The summed E-state index contributed by atoms with van der Waals surface area (Å²) < 4.78 is 9.00. The molecule has 2 nitrogen and oxygen atoms in total. The van der Waals surface area contributed by atoms with Gasteiger partial charge in [-0.15, -0.1) is 11.3 Å². The van der Waals surface area contributed by atoms with E-state index in [4.69, 9.17) is 4.42 Å². The Labute approximate surface area is 275 Å². The third-order valence-electron chi connectivity index (χ3n) is 9.45. The van der Waals surface area contributed by atoms with Gasteiger partial charge in [-0.2, -0.15) is 0 Å². The van der Waals surface area contributed by atoms with E-state index in [0.717, 1.165) is 39.0 Å². The zero-order valence-corrected chi connectivity index (χ0v) is 26.2. The van der Waals surface area contributed by atoms with Crippen LogP contribution in [0.1, 0.15) is 0 Å². The van der Waals surface area contributed by atoms with E-state index in [0.29, 0.717) is 0 Å². The summed E-state index contributed by atoms with van der Waals surface area (Å²) in [6.45, 7) is 0. The highest BCUT2D eigenvalue weighted by molar-refractivity contribution is 7.26. The Balaban J connectivity index is 1.20. The minimum absolute atomic E-state index is 0.883. The third-order valence-corrected chi connectivity index (χ3v) is 10.6. The second kappa shape index (κ2) is 10.3. The summed E-state index contributed by atoms with van der Waals surface area (Å²) in [6, 6.07) is 59.0. The number of hydrogen-bond acceptors (Lipinski definition) is 3. The molecule has 8 aromatic carbocycles. The quantitative estimate of drug-likeness (QED) is 0.195. The van der Waals surface area contributed by atoms with Gasteiger partial charge in [0.25, 0.3) is 0 Å². The van der Waals surface area contributed by atoms with Gasteiger partial charge in [-0.25, -0.2) is 0 Å². The maximum Gasteiger partial charge on any atom is 0.137 e. The number of fused-ring (bicyclic) bond motifs is 9. The predicted octanol–water partition coefficient (Wildman–Crippen LogP) is 13.4. The van der Waals surface area contributed by atoms with Crippen LogP contribution in [-0.4, -0.2) is 0 Å². The van der Waals surface area contributed by atoms with Crippen LogP contribution in [0.2, 0.25) is 0 Å².